The minimum atomic E-state index is -4.30. The summed E-state index contributed by atoms with van der Waals surface area (Å²) in [5, 5.41) is 3.10. The minimum absolute atomic E-state index is 0.624. The molecule has 0 radical (unpaired) electrons. The molecule has 0 saturated heterocycles. The van der Waals surface area contributed by atoms with Gasteiger partial charge in [-0.05, 0) is 61.3 Å². The second-order valence-corrected chi connectivity index (χ2v) is 4.79. The lowest BCUT2D eigenvalue weighted by atomic mass is 10.1. The van der Waals surface area contributed by atoms with Crippen molar-refractivity contribution < 1.29 is 13.2 Å². The Bertz CT molecular complexity index is 577. The van der Waals surface area contributed by atoms with E-state index in [0.29, 0.717) is 12.2 Å². The molecule has 2 nitrogen and oxygen atoms in total. The number of rotatable bonds is 5. The molecule has 2 rings (SSSR count). The summed E-state index contributed by atoms with van der Waals surface area (Å²) < 4.78 is 37.5. The second kappa shape index (κ2) is 6.63. The van der Waals surface area contributed by atoms with Gasteiger partial charge in [0.15, 0.2) is 0 Å². The highest BCUT2D eigenvalue weighted by Gasteiger charge is 2.29. The van der Waals surface area contributed by atoms with Gasteiger partial charge in [0, 0.05) is 11.4 Å². The Hall–Kier alpha value is -2.01. The molecule has 0 aliphatic rings. The molecule has 0 aromatic heterocycles. The Morgan fingerprint density at radius 1 is 0.952 bits per heavy atom. The number of hydrogen-bond acceptors (Lipinski definition) is 2. The summed E-state index contributed by atoms with van der Waals surface area (Å²) in [7, 11) is 0. The van der Waals surface area contributed by atoms with Gasteiger partial charge in [-0.1, -0.05) is 12.1 Å². The van der Waals surface area contributed by atoms with Crippen LogP contribution in [0.1, 0.15) is 17.5 Å². The molecule has 21 heavy (non-hydrogen) atoms. The Kier molecular flexibility index (Phi) is 4.85. The van der Waals surface area contributed by atoms with Gasteiger partial charge in [0.25, 0.3) is 0 Å². The average molecular weight is 294 g/mol. The number of nitrogens with two attached hydrogens (primary N) is 1. The molecule has 0 bridgehead atoms. The predicted octanol–water partition coefficient (Wildman–Crippen LogP) is 4.34. The Morgan fingerprint density at radius 2 is 1.67 bits per heavy atom. The summed E-state index contributed by atoms with van der Waals surface area (Å²) in [6.45, 7) is 0.635. The molecule has 0 aliphatic heterocycles. The molecular formula is C16H17F3N2. The molecule has 0 heterocycles. The van der Waals surface area contributed by atoms with Crippen molar-refractivity contribution in [1.82, 2.24) is 0 Å². The second-order valence-electron chi connectivity index (χ2n) is 4.79. The summed E-state index contributed by atoms with van der Waals surface area (Å²) in [4.78, 5) is 0. The van der Waals surface area contributed by atoms with Crippen molar-refractivity contribution >= 4 is 11.4 Å². The topological polar surface area (TPSA) is 38.0 Å². The van der Waals surface area contributed by atoms with Gasteiger partial charge in [-0.15, -0.1) is 0 Å². The Balaban J connectivity index is 2.07. The van der Waals surface area contributed by atoms with E-state index in [1.54, 1.807) is 0 Å². The van der Waals surface area contributed by atoms with Crippen LogP contribution >= 0.6 is 0 Å². The van der Waals surface area contributed by atoms with Crippen molar-refractivity contribution in [3.05, 3.63) is 59.7 Å². The van der Waals surface area contributed by atoms with E-state index in [-0.39, 0.29) is 0 Å². The molecule has 0 atom stereocenters. The maximum absolute atomic E-state index is 12.5. The highest BCUT2D eigenvalue weighted by Crippen LogP contribution is 2.30. The minimum Gasteiger partial charge on any atom is -0.356 e. The normalized spacial score (nSPS) is 11.4. The lowest BCUT2D eigenvalue weighted by Crippen LogP contribution is -2.04. The van der Waals surface area contributed by atoms with Crippen LogP contribution in [0.25, 0.3) is 0 Å². The molecule has 5 heteroatoms. The van der Waals surface area contributed by atoms with Gasteiger partial charge in [0.2, 0.25) is 0 Å². The van der Waals surface area contributed by atoms with Crippen molar-refractivity contribution in [2.45, 2.75) is 19.0 Å². The molecule has 0 saturated carbocycles. The Labute approximate surface area is 121 Å². The SMILES string of the molecule is NCCCc1cccc(Nc2ccc(C(F)(F)F)cc2)c1. The van der Waals surface area contributed by atoms with E-state index in [1.807, 2.05) is 24.3 Å². The highest BCUT2D eigenvalue weighted by atomic mass is 19.4. The van der Waals surface area contributed by atoms with Crippen LogP contribution in [0.15, 0.2) is 48.5 Å². The standard InChI is InChI=1S/C16H17F3N2/c17-16(18,19)13-6-8-14(9-7-13)21-15-5-1-3-12(11-15)4-2-10-20/h1,3,5-9,11,21H,2,4,10,20H2. The van der Waals surface area contributed by atoms with Gasteiger partial charge in [-0.25, -0.2) is 0 Å². The van der Waals surface area contributed by atoms with E-state index >= 15 is 0 Å². The van der Waals surface area contributed by atoms with Crippen LogP contribution in [0, 0.1) is 0 Å². The molecule has 0 aliphatic carbocycles. The number of aryl methyl sites for hydroxylation is 1. The van der Waals surface area contributed by atoms with Gasteiger partial charge in [0.05, 0.1) is 5.56 Å². The molecule has 2 aromatic carbocycles. The lowest BCUT2D eigenvalue weighted by molar-refractivity contribution is -0.137. The maximum atomic E-state index is 12.5. The molecule has 3 N–H and O–H groups in total. The quantitative estimate of drug-likeness (QED) is 0.861. The smallest absolute Gasteiger partial charge is 0.356 e. The summed E-state index contributed by atoms with van der Waals surface area (Å²) >= 11 is 0. The number of anilines is 2. The molecule has 0 fully saturated rings. The van der Waals surface area contributed by atoms with Crippen molar-refractivity contribution in [3.63, 3.8) is 0 Å². The van der Waals surface area contributed by atoms with Gasteiger partial charge in [0.1, 0.15) is 0 Å². The molecule has 2 aromatic rings. The van der Waals surface area contributed by atoms with Gasteiger partial charge in [-0.2, -0.15) is 13.2 Å². The fraction of sp³-hybridized carbons (Fsp3) is 0.250. The van der Waals surface area contributed by atoms with Gasteiger partial charge in [-0.3, -0.25) is 0 Å². The van der Waals surface area contributed by atoms with Gasteiger partial charge >= 0.3 is 6.18 Å². The van der Waals surface area contributed by atoms with Gasteiger partial charge < -0.3 is 11.1 Å². The van der Waals surface area contributed by atoms with Crippen molar-refractivity contribution in [1.29, 1.82) is 0 Å². The van der Waals surface area contributed by atoms with E-state index in [2.05, 4.69) is 5.32 Å². The van der Waals surface area contributed by atoms with Crippen LogP contribution in [0.5, 0.6) is 0 Å². The number of alkyl halides is 3. The number of nitrogens with one attached hydrogen (secondary N) is 1. The third-order valence-electron chi connectivity index (χ3n) is 3.10. The largest absolute Gasteiger partial charge is 0.416 e. The zero-order valence-electron chi connectivity index (χ0n) is 11.5. The van der Waals surface area contributed by atoms with Crippen LogP contribution < -0.4 is 11.1 Å². The van der Waals surface area contributed by atoms with E-state index in [4.69, 9.17) is 5.73 Å². The molecular weight excluding hydrogens is 277 g/mol. The average Bonchev–Trinajstić information content (AvgIpc) is 2.45. The van der Waals surface area contributed by atoms with Crippen molar-refractivity contribution in [2.75, 3.05) is 11.9 Å². The first-order chi connectivity index (χ1) is 9.99. The number of halogens is 3. The van der Waals surface area contributed by atoms with Crippen LogP contribution in [0.4, 0.5) is 24.5 Å². The summed E-state index contributed by atoms with van der Waals surface area (Å²) in [5.74, 6) is 0. The van der Waals surface area contributed by atoms with Crippen LogP contribution in [-0.4, -0.2) is 6.54 Å². The number of benzene rings is 2. The summed E-state index contributed by atoms with van der Waals surface area (Å²) in [5.41, 5.74) is 7.46. The predicted molar refractivity (Wildman–Crippen MR) is 78.5 cm³/mol. The zero-order chi connectivity index (χ0) is 15.3. The maximum Gasteiger partial charge on any atom is 0.416 e. The first-order valence-corrected chi connectivity index (χ1v) is 6.72. The third kappa shape index (κ3) is 4.49. The highest BCUT2D eigenvalue weighted by molar-refractivity contribution is 5.60. The first-order valence-electron chi connectivity index (χ1n) is 6.72. The lowest BCUT2D eigenvalue weighted by Gasteiger charge is -2.10. The van der Waals surface area contributed by atoms with Crippen LogP contribution in [0.2, 0.25) is 0 Å². The van der Waals surface area contributed by atoms with E-state index in [1.165, 1.54) is 12.1 Å². The Morgan fingerprint density at radius 3 is 2.29 bits per heavy atom. The molecule has 0 spiro atoms. The van der Waals surface area contributed by atoms with Crippen molar-refractivity contribution in [2.24, 2.45) is 5.73 Å². The first kappa shape index (κ1) is 15.4. The third-order valence-corrected chi connectivity index (χ3v) is 3.10. The zero-order valence-corrected chi connectivity index (χ0v) is 11.5. The van der Waals surface area contributed by atoms with Crippen molar-refractivity contribution in [3.8, 4) is 0 Å². The fourth-order valence-electron chi connectivity index (χ4n) is 2.02. The number of hydrogen-bond donors (Lipinski definition) is 2. The fourth-order valence-corrected chi connectivity index (χ4v) is 2.02. The van der Waals surface area contributed by atoms with E-state index in [0.717, 1.165) is 36.2 Å². The monoisotopic (exact) mass is 294 g/mol. The van der Waals surface area contributed by atoms with E-state index < -0.39 is 11.7 Å². The molecule has 0 amide bonds. The van der Waals surface area contributed by atoms with E-state index in [9.17, 15) is 13.2 Å². The molecule has 0 unspecified atom stereocenters. The summed E-state index contributed by atoms with van der Waals surface area (Å²) in [6.07, 6.45) is -2.51. The van der Waals surface area contributed by atoms with Crippen LogP contribution in [0.3, 0.4) is 0 Å². The van der Waals surface area contributed by atoms with Crippen LogP contribution in [-0.2, 0) is 12.6 Å². The molecule has 112 valence electrons. The summed E-state index contributed by atoms with van der Waals surface area (Å²) in [6, 6.07) is 12.8.